The molecular weight excluding hydrogens is 322 g/mol. The van der Waals surface area contributed by atoms with Crippen molar-refractivity contribution in [3.8, 4) is 0 Å². The Hall–Kier alpha value is -0.630. The molecule has 1 aromatic rings. The van der Waals surface area contributed by atoms with Gasteiger partial charge in [0, 0.05) is 35.7 Å². The Morgan fingerprint density at radius 1 is 1.20 bits per heavy atom. The molecule has 0 aliphatic carbocycles. The Balaban J connectivity index is 2.94. The highest BCUT2D eigenvalue weighted by Crippen LogP contribution is 2.23. The van der Waals surface area contributed by atoms with Crippen LogP contribution in [0, 0.1) is 0 Å². The van der Waals surface area contributed by atoms with Gasteiger partial charge in [-0.2, -0.15) is 0 Å². The van der Waals surface area contributed by atoms with Gasteiger partial charge in [-0.1, -0.05) is 17.7 Å². The zero-order valence-corrected chi connectivity index (χ0v) is 13.9. The minimum atomic E-state index is -3.38. The fraction of sp³-hybridized carbons (Fsp3) is 0.500. The Bertz CT molecular complexity index is 683. The van der Waals surface area contributed by atoms with Gasteiger partial charge in [0.05, 0.1) is 10.6 Å². The van der Waals surface area contributed by atoms with Crippen LogP contribution < -0.4 is 5.32 Å². The van der Waals surface area contributed by atoms with Crippen molar-refractivity contribution in [2.45, 2.75) is 24.4 Å². The molecule has 0 fully saturated rings. The van der Waals surface area contributed by atoms with Crippen molar-refractivity contribution in [2.24, 2.45) is 0 Å². The molecule has 1 rings (SSSR count). The lowest BCUT2D eigenvalue weighted by atomic mass is 10.2. The molecule has 0 aliphatic rings. The van der Waals surface area contributed by atoms with Crippen LogP contribution in [-0.2, 0) is 26.2 Å². The van der Waals surface area contributed by atoms with Crippen molar-refractivity contribution in [1.82, 2.24) is 5.32 Å². The summed E-state index contributed by atoms with van der Waals surface area (Å²) in [5.74, 6) is -0.0222. The van der Waals surface area contributed by atoms with Crippen molar-refractivity contribution in [3.05, 3.63) is 28.8 Å². The first-order valence-corrected chi connectivity index (χ1v) is 10.2. The molecule has 1 N–H and O–H groups in total. The number of hydrogen-bond acceptors (Lipinski definition) is 5. The maximum absolute atomic E-state index is 11.7. The second-order valence-corrected chi connectivity index (χ2v) is 9.44. The van der Waals surface area contributed by atoms with Gasteiger partial charge in [-0.3, -0.25) is 0 Å². The predicted molar refractivity (Wildman–Crippen MR) is 80.6 cm³/mol. The Labute approximate surface area is 125 Å². The maximum Gasteiger partial charge on any atom is 0.175 e. The number of benzene rings is 1. The smallest absolute Gasteiger partial charge is 0.175 e. The van der Waals surface area contributed by atoms with Crippen LogP contribution in [0.2, 0.25) is 5.02 Å². The third-order valence-electron chi connectivity index (χ3n) is 2.66. The fourth-order valence-corrected chi connectivity index (χ4v) is 4.13. The number of halogens is 1. The van der Waals surface area contributed by atoms with E-state index in [9.17, 15) is 16.8 Å². The van der Waals surface area contributed by atoms with Gasteiger partial charge in [0.1, 0.15) is 9.84 Å². The van der Waals surface area contributed by atoms with E-state index < -0.39 is 19.7 Å². The molecule has 0 saturated carbocycles. The average molecular weight is 340 g/mol. The minimum Gasteiger partial charge on any atom is -0.309 e. The zero-order valence-electron chi connectivity index (χ0n) is 11.6. The molecule has 0 radical (unpaired) electrons. The third kappa shape index (κ3) is 5.40. The number of rotatable bonds is 6. The molecule has 0 heterocycles. The van der Waals surface area contributed by atoms with Crippen LogP contribution in [-0.4, -0.2) is 41.1 Å². The van der Waals surface area contributed by atoms with Crippen LogP contribution in [0.5, 0.6) is 0 Å². The topological polar surface area (TPSA) is 80.3 Å². The summed E-state index contributed by atoms with van der Waals surface area (Å²) in [7, 11) is -6.47. The van der Waals surface area contributed by atoms with E-state index in [4.69, 9.17) is 11.6 Å². The van der Waals surface area contributed by atoms with Crippen molar-refractivity contribution >= 4 is 31.3 Å². The summed E-state index contributed by atoms with van der Waals surface area (Å²) >= 11 is 6.03. The summed E-state index contributed by atoms with van der Waals surface area (Å²) in [6, 6.07) is 4.37. The number of nitrogens with one attached hydrogen (secondary N) is 1. The number of hydrogen-bond donors (Lipinski definition) is 1. The molecule has 0 bridgehead atoms. The molecule has 0 saturated heterocycles. The monoisotopic (exact) mass is 339 g/mol. The van der Waals surface area contributed by atoms with E-state index in [-0.39, 0.29) is 23.2 Å². The van der Waals surface area contributed by atoms with Crippen LogP contribution in [0.25, 0.3) is 0 Å². The minimum absolute atomic E-state index is 0.0222. The van der Waals surface area contributed by atoms with E-state index in [0.29, 0.717) is 10.6 Å². The molecule has 114 valence electrons. The predicted octanol–water partition coefficient (Wildman–Crippen LogP) is 1.27. The lowest BCUT2D eigenvalue weighted by molar-refractivity contribution is 0.555. The normalized spacial score (nSPS) is 14.2. The van der Waals surface area contributed by atoms with Gasteiger partial charge in [0.25, 0.3) is 0 Å². The highest BCUT2D eigenvalue weighted by molar-refractivity contribution is 7.91. The van der Waals surface area contributed by atoms with E-state index >= 15 is 0 Å². The maximum atomic E-state index is 11.7. The molecule has 0 aromatic heterocycles. The van der Waals surface area contributed by atoms with Crippen LogP contribution in [0.4, 0.5) is 0 Å². The lowest BCUT2D eigenvalue weighted by Gasteiger charge is -2.15. The quantitative estimate of drug-likeness (QED) is 0.844. The van der Waals surface area contributed by atoms with Gasteiger partial charge in [0.2, 0.25) is 0 Å². The Morgan fingerprint density at radius 2 is 1.80 bits per heavy atom. The molecule has 8 heteroatoms. The van der Waals surface area contributed by atoms with Gasteiger partial charge in [0.15, 0.2) is 9.84 Å². The summed E-state index contributed by atoms with van der Waals surface area (Å²) in [6.45, 7) is 1.91. The second-order valence-electron chi connectivity index (χ2n) is 4.86. The first kappa shape index (κ1) is 17.4. The fourth-order valence-electron chi connectivity index (χ4n) is 1.85. The van der Waals surface area contributed by atoms with Crippen molar-refractivity contribution in [1.29, 1.82) is 0 Å². The molecule has 0 amide bonds. The molecule has 1 unspecified atom stereocenters. The van der Waals surface area contributed by atoms with Crippen molar-refractivity contribution in [2.75, 3.05) is 18.3 Å². The molecular formula is C12H18ClNO4S2. The third-order valence-corrected chi connectivity index (χ3v) is 5.30. The molecule has 1 aromatic carbocycles. The van der Waals surface area contributed by atoms with Gasteiger partial charge in [-0.25, -0.2) is 16.8 Å². The highest BCUT2D eigenvalue weighted by Gasteiger charge is 2.17. The first-order chi connectivity index (χ1) is 9.00. The summed E-state index contributed by atoms with van der Waals surface area (Å²) in [6.07, 6.45) is 2.27. The Kier molecular flexibility index (Phi) is 5.60. The van der Waals surface area contributed by atoms with Crippen LogP contribution in [0.3, 0.4) is 0 Å². The van der Waals surface area contributed by atoms with E-state index in [2.05, 4.69) is 5.32 Å². The second kappa shape index (κ2) is 6.43. The SMILES string of the molecule is CC(CS(C)(=O)=O)NCc1c(Cl)cccc1S(C)(=O)=O. The molecule has 0 aliphatic heterocycles. The lowest BCUT2D eigenvalue weighted by Crippen LogP contribution is -2.32. The van der Waals surface area contributed by atoms with E-state index in [1.807, 2.05) is 0 Å². The van der Waals surface area contributed by atoms with Gasteiger partial charge >= 0.3 is 0 Å². The first-order valence-electron chi connectivity index (χ1n) is 5.89. The largest absolute Gasteiger partial charge is 0.309 e. The van der Waals surface area contributed by atoms with E-state index in [1.165, 1.54) is 6.07 Å². The molecule has 0 spiro atoms. The average Bonchev–Trinajstić information content (AvgIpc) is 2.23. The van der Waals surface area contributed by atoms with Gasteiger partial charge < -0.3 is 5.32 Å². The van der Waals surface area contributed by atoms with Crippen LogP contribution in [0.15, 0.2) is 23.1 Å². The van der Waals surface area contributed by atoms with Crippen molar-refractivity contribution in [3.63, 3.8) is 0 Å². The zero-order chi connectivity index (χ0) is 15.6. The molecule has 5 nitrogen and oxygen atoms in total. The Morgan fingerprint density at radius 3 is 2.30 bits per heavy atom. The highest BCUT2D eigenvalue weighted by atomic mass is 35.5. The van der Waals surface area contributed by atoms with E-state index in [1.54, 1.807) is 19.1 Å². The summed E-state index contributed by atoms with van der Waals surface area (Å²) < 4.78 is 45.8. The van der Waals surface area contributed by atoms with Crippen LogP contribution in [0.1, 0.15) is 12.5 Å². The molecule has 20 heavy (non-hydrogen) atoms. The standard InChI is InChI=1S/C12H18ClNO4S2/c1-9(8-19(2,15)16)14-7-10-11(13)5-4-6-12(10)20(3,17)18/h4-6,9,14H,7-8H2,1-3H3. The molecule has 1 atom stereocenters. The number of sulfone groups is 2. The van der Waals surface area contributed by atoms with E-state index in [0.717, 1.165) is 12.5 Å². The summed E-state index contributed by atoms with van der Waals surface area (Å²) in [4.78, 5) is 0.157. The van der Waals surface area contributed by atoms with Crippen molar-refractivity contribution < 1.29 is 16.8 Å². The summed E-state index contributed by atoms with van der Waals surface area (Å²) in [5, 5.41) is 3.32. The van der Waals surface area contributed by atoms with Gasteiger partial charge in [-0.05, 0) is 19.1 Å². The van der Waals surface area contributed by atoms with Gasteiger partial charge in [-0.15, -0.1) is 0 Å². The summed E-state index contributed by atoms with van der Waals surface area (Å²) in [5.41, 5.74) is 0.456. The van der Waals surface area contributed by atoms with Crippen LogP contribution >= 0.6 is 11.6 Å².